The Morgan fingerprint density at radius 2 is 1.74 bits per heavy atom. The highest BCUT2D eigenvalue weighted by atomic mass is 32.1. The van der Waals surface area contributed by atoms with Crippen molar-refractivity contribution in [2.45, 2.75) is 0 Å². The summed E-state index contributed by atoms with van der Waals surface area (Å²) in [5.41, 5.74) is 3.69. The number of hydrogen-bond acceptors (Lipinski definition) is 9. The second-order valence-electron chi connectivity index (χ2n) is 8.92. The van der Waals surface area contributed by atoms with Crippen molar-refractivity contribution >= 4 is 46.2 Å². The predicted octanol–water partition coefficient (Wildman–Crippen LogP) is 4.74. The monoisotopic (exact) mass is 528 g/mol. The Morgan fingerprint density at radius 1 is 0.947 bits per heavy atom. The number of carbonyl (C=O) groups excluding carboxylic acids is 2. The summed E-state index contributed by atoms with van der Waals surface area (Å²) < 4.78 is 4.75. The molecule has 1 amide bonds. The summed E-state index contributed by atoms with van der Waals surface area (Å²) in [6.07, 6.45) is 1.70. The Balaban J connectivity index is 1.27. The van der Waals surface area contributed by atoms with Crippen LogP contribution >= 0.6 is 11.3 Å². The van der Waals surface area contributed by atoms with Gasteiger partial charge in [-0.25, -0.2) is 14.8 Å². The molecule has 0 bridgehead atoms. The zero-order valence-corrected chi connectivity index (χ0v) is 22.0. The lowest BCUT2D eigenvalue weighted by Gasteiger charge is -2.34. The Hall–Kier alpha value is -4.28. The van der Waals surface area contributed by atoms with Crippen LogP contribution < -0.4 is 15.5 Å². The summed E-state index contributed by atoms with van der Waals surface area (Å²) in [5.74, 6) is -0.243. The van der Waals surface area contributed by atoms with E-state index in [0.29, 0.717) is 22.1 Å². The minimum atomic E-state index is -0.460. The molecule has 0 atom stereocenters. The Bertz CT molecular complexity index is 1450. The van der Waals surface area contributed by atoms with Crippen molar-refractivity contribution in [1.29, 1.82) is 0 Å². The molecule has 10 heteroatoms. The van der Waals surface area contributed by atoms with Crippen molar-refractivity contribution in [3.8, 4) is 10.6 Å². The smallest absolute Gasteiger partial charge is 0.337 e. The highest BCUT2D eigenvalue weighted by Gasteiger charge is 2.16. The molecule has 0 radical (unpaired) electrons. The van der Waals surface area contributed by atoms with Gasteiger partial charge < -0.3 is 25.2 Å². The van der Waals surface area contributed by atoms with Crippen LogP contribution in [0, 0.1) is 0 Å². The second kappa shape index (κ2) is 11.4. The van der Waals surface area contributed by atoms with Gasteiger partial charge in [0.1, 0.15) is 0 Å². The van der Waals surface area contributed by atoms with Gasteiger partial charge in [0.05, 0.1) is 28.1 Å². The molecular formula is C28H28N6O3S. The lowest BCUT2D eigenvalue weighted by molar-refractivity contribution is 0.0600. The Morgan fingerprint density at radius 3 is 2.55 bits per heavy atom. The molecule has 2 N–H and O–H groups in total. The summed E-state index contributed by atoms with van der Waals surface area (Å²) >= 11 is 1.33. The molecule has 1 aliphatic rings. The van der Waals surface area contributed by atoms with Crippen molar-refractivity contribution < 1.29 is 14.3 Å². The number of likely N-dealkylation sites (N-methyl/N-ethyl adjacent to an activating group) is 1. The van der Waals surface area contributed by atoms with Crippen LogP contribution in [-0.2, 0) is 4.74 Å². The van der Waals surface area contributed by atoms with Gasteiger partial charge in [0.15, 0.2) is 0 Å². The molecule has 0 aliphatic carbocycles. The number of benzene rings is 2. The summed E-state index contributed by atoms with van der Waals surface area (Å²) in [6.45, 7) is 4.08. The van der Waals surface area contributed by atoms with Crippen molar-refractivity contribution in [2.24, 2.45) is 0 Å². The number of methoxy groups -OCH3 is 1. The van der Waals surface area contributed by atoms with Gasteiger partial charge >= 0.3 is 5.97 Å². The molecule has 194 valence electrons. The van der Waals surface area contributed by atoms with Crippen molar-refractivity contribution in [1.82, 2.24) is 14.9 Å². The van der Waals surface area contributed by atoms with Crippen LogP contribution in [0.1, 0.15) is 20.0 Å². The minimum absolute atomic E-state index is 0.267. The number of aromatic nitrogens is 2. The number of hydrogen-bond donors (Lipinski definition) is 2. The fourth-order valence-electron chi connectivity index (χ4n) is 4.16. The highest BCUT2D eigenvalue weighted by Crippen LogP contribution is 2.29. The van der Waals surface area contributed by atoms with E-state index < -0.39 is 5.97 Å². The number of thiophene rings is 1. The third-order valence-corrected chi connectivity index (χ3v) is 7.36. The molecule has 2 aromatic heterocycles. The van der Waals surface area contributed by atoms with Gasteiger partial charge in [0.2, 0.25) is 5.95 Å². The molecule has 2 aromatic carbocycles. The topological polar surface area (TPSA) is 99.7 Å². The molecular weight excluding hydrogens is 500 g/mol. The van der Waals surface area contributed by atoms with E-state index in [1.165, 1.54) is 24.1 Å². The second-order valence-corrected chi connectivity index (χ2v) is 10.0. The minimum Gasteiger partial charge on any atom is -0.465 e. The number of piperazine rings is 1. The van der Waals surface area contributed by atoms with Gasteiger partial charge in [-0.1, -0.05) is 12.1 Å². The maximum atomic E-state index is 12.8. The first-order valence-electron chi connectivity index (χ1n) is 12.2. The molecule has 9 nitrogen and oxygen atoms in total. The Kier molecular flexibility index (Phi) is 7.62. The van der Waals surface area contributed by atoms with Gasteiger partial charge in [0.25, 0.3) is 5.91 Å². The first kappa shape index (κ1) is 25.4. The Labute approximate surface area is 225 Å². The molecule has 4 aromatic rings. The van der Waals surface area contributed by atoms with E-state index in [1.807, 2.05) is 24.3 Å². The van der Waals surface area contributed by atoms with E-state index in [9.17, 15) is 9.59 Å². The number of carbonyl (C=O) groups is 2. The summed E-state index contributed by atoms with van der Waals surface area (Å²) in [5, 5.41) is 6.15. The molecule has 0 unspecified atom stereocenters. The van der Waals surface area contributed by atoms with Crippen LogP contribution in [0.2, 0.25) is 0 Å². The number of amides is 1. The number of ether oxygens (including phenoxy) is 1. The van der Waals surface area contributed by atoms with Crippen LogP contribution in [0.15, 0.2) is 72.9 Å². The lowest BCUT2D eigenvalue weighted by atomic mass is 10.2. The number of esters is 1. The van der Waals surface area contributed by atoms with Gasteiger partial charge in [-0.3, -0.25) is 4.79 Å². The van der Waals surface area contributed by atoms with Gasteiger partial charge in [-0.2, -0.15) is 0 Å². The standard InChI is InChI=1S/C28H28N6O3S/c1-33-13-15-34(16-14-33)22-8-4-7-21(18-22)31-28-29-12-11-23(32-28)24-9-10-25(38-24)26(35)30-20-6-3-5-19(17-20)27(36)37-2/h3-12,17-18H,13-16H2,1-2H3,(H,30,35)(H,29,31,32). The molecule has 5 rings (SSSR count). The molecule has 38 heavy (non-hydrogen) atoms. The molecule has 1 fully saturated rings. The number of anilines is 4. The van der Waals surface area contributed by atoms with E-state index in [0.717, 1.165) is 42.4 Å². The molecule has 1 aliphatic heterocycles. The van der Waals surface area contributed by atoms with Crippen molar-refractivity contribution in [3.63, 3.8) is 0 Å². The van der Waals surface area contributed by atoms with Gasteiger partial charge in [-0.15, -0.1) is 11.3 Å². The van der Waals surface area contributed by atoms with E-state index in [2.05, 4.69) is 49.6 Å². The lowest BCUT2D eigenvalue weighted by Crippen LogP contribution is -2.44. The van der Waals surface area contributed by atoms with Crippen LogP contribution in [-0.4, -0.2) is 67.1 Å². The van der Waals surface area contributed by atoms with E-state index in [1.54, 1.807) is 36.5 Å². The normalized spacial score (nSPS) is 13.7. The van der Waals surface area contributed by atoms with Gasteiger partial charge in [0, 0.05) is 49.4 Å². The zero-order chi connectivity index (χ0) is 26.5. The van der Waals surface area contributed by atoms with E-state index >= 15 is 0 Å². The number of rotatable bonds is 7. The summed E-state index contributed by atoms with van der Waals surface area (Å²) in [7, 11) is 3.47. The molecule has 3 heterocycles. The SMILES string of the molecule is COC(=O)c1cccc(NC(=O)c2ccc(-c3ccnc(Nc4cccc(N5CCN(C)CC5)c4)n3)s2)c1. The quantitative estimate of drug-likeness (QED) is 0.332. The predicted molar refractivity (Wildman–Crippen MR) is 151 cm³/mol. The van der Waals surface area contributed by atoms with Crippen LogP contribution in [0.4, 0.5) is 23.0 Å². The number of nitrogens with one attached hydrogen (secondary N) is 2. The largest absolute Gasteiger partial charge is 0.465 e. The fourth-order valence-corrected chi connectivity index (χ4v) is 5.03. The van der Waals surface area contributed by atoms with E-state index in [-0.39, 0.29) is 5.91 Å². The first-order chi connectivity index (χ1) is 18.5. The third-order valence-electron chi connectivity index (χ3n) is 6.25. The highest BCUT2D eigenvalue weighted by molar-refractivity contribution is 7.17. The zero-order valence-electron chi connectivity index (χ0n) is 21.2. The summed E-state index contributed by atoms with van der Waals surface area (Å²) in [4.78, 5) is 39.7. The first-order valence-corrected chi connectivity index (χ1v) is 13.0. The van der Waals surface area contributed by atoms with Crippen molar-refractivity contribution in [2.75, 3.05) is 55.9 Å². The maximum Gasteiger partial charge on any atom is 0.337 e. The maximum absolute atomic E-state index is 12.8. The van der Waals surface area contributed by atoms with Crippen molar-refractivity contribution in [3.05, 3.63) is 83.4 Å². The fraction of sp³-hybridized carbons (Fsp3) is 0.214. The van der Waals surface area contributed by atoms with Gasteiger partial charge in [-0.05, 0) is 61.6 Å². The van der Waals surface area contributed by atoms with Crippen LogP contribution in [0.3, 0.4) is 0 Å². The average Bonchev–Trinajstić information content (AvgIpc) is 3.44. The molecule has 1 saturated heterocycles. The van der Waals surface area contributed by atoms with E-state index in [4.69, 9.17) is 4.74 Å². The molecule has 0 saturated carbocycles. The summed E-state index contributed by atoms with van der Waals surface area (Å²) in [6, 6.07) is 20.3. The number of nitrogens with zero attached hydrogens (tertiary/aromatic N) is 4. The van der Waals surface area contributed by atoms with Crippen LogP contribution in [0.25, 0.3) is 10.6 Å². The third kappa shape index (κ3) is 5.99. The average molecular weight is 529 g/mol. The van der Waals surface area contributed by atoms with Crippen LogP contribution in [0.5, 0.6) is 0 Å². The molecule has 0 spiro atoms.